The minimum absolute atomic E-state index is 0.856. The second-order valence-electron chi connectivity index (χ2n) is 5.90. The fraction of sp³-hybridized carbons (Fsp3) is 0.625. The predicted molar refractivity (Wildman–Crippen MR) is 81.9 cm³/mol. The third-order valence-electron chi connectivity index (χ3n) is 4.47. The molecule has 19 heavy (non-hydrogen) atoms. The van der Waals surface area contributed by atoms with Gasteiger partial charge >= 0.3 is 0 Å². The van der Waals surface area contributed by atoms with Crippen LogP contribution in [0.5, 0.6) is 0 Å². The average molecular weight is 279 g/mol. The zero-order chi connectivity index (χ0) is 13.1. The third-order valence-corrected chi connectivity index (χ3v) is 4.70. The van der Waals surface area contributed by atoms with Crippen molar-refractivity contribution >= 4 is 17.3 Å². The number of anilines is 1. The molecule has 1 aliphatic carbocycles. The van der Waals surface area contributed by atoms with E-state index in [-0.39, 0.29) is 0 Å². The van der Waals surface area contributed by atoms with Crippen LogP contribution in [0.2, 0.25) is 5.02 Å². The summed E-state index contributed by atoms with van der Waals surface area (Å²) in [4.78, 5) is 2.55. The number of hydrogen-bond donors (Lipinski definition) is 1. The van der Waals surface area contributed by atoms with Gasteiger partial charge in [0.1, 0.15) is 0 Å². The van der Waals surface area contributed by atoms with Crippen molar-refractivity contribution in [2.45, 2.75) is 38.6 Å². The highest BCUT2D eigenvalue weighted by Crippen LogP contribution is 2.30. The van der Waals surface area contributed by atoms with Gasteiger partial charge in [0, 0.05) is 36.9 Å². The first-order chi connectivity index (χ1) is 9.33. The van der Waals surface area contributed by atoms with Crippen molar-refractivity contribution in [3.8, 4) is 0 Å². The standard InChI is InChI=1S/C16H23ClN2/c17-15-7-6-14-11-18-8-9-19(16(14)10-15)12-13-4-2-1-3-5-13/h6-7,10,13,18H,1-5,8-9,11-12H2. The van der Waals surface area contributed by atoms with Crippen molar-refractivity contribution in [1.29, 1.82) is 0 Å². The lowest BCUT2D eigenvalue weighted by Crippen LogP contribution is -2.34. The second-order valence-corrected chi connectivity index (χ2v) is 6.34. The molecular formula is C16H23ClN2. The Hall–Kier alpha value is -0.730. The van der Waals surface area contributed by atoms with Gasteiger partial charge in [0.15, 0.2) is 0 Å². The first kappa shape index (κ1) is 13.3. The van der Waals surface area contributed by atoms with Crippen LogP contribution in [0.1, 0.15) is 37.7 Å². The molecule has 104 valence electrons. The topological polar surface area (TPSA) is 15.3 Å². The molecule has 0 unspecified atom stereocenters. The highest BCUT2D eigenvalue weighted by atomic mass is 35.5. The van der Waals surface area contributed by atoms with E-state index < -0.39 is 0 Å². The quantitative estimate of drug-likeness (QED) is 0.884. The summed E-state index contributed by atoms with van der Waals surface area (Å²) in [6, 6.07) is 6.32. The molecule has 0 spiro atoms. The molecule has 0 atom stereocenters. The van der Waals surface area contributed by atoms with E-state index in [1.807, 2.05) is 6.07 Å². The average Bonchev–Trinajstić information content (AvgIpc) is 2.63. The molecule has 3 rings (SSSR count). The van der Waals surface area contributed by atoms with E-state index in [9.17, 15) is 0 Å². The predicted octanol–water partition coefficient (Wildman–Crippen LogP) is 3.83. The molecule has 1 saturated carbocycles. The molecule has 1 fully saturated rings. The van der Waals surface area contributed by atoms with Gasteiger partial charge in [0.05, 0.1) is 0 Å². The molecule has 1 aromatic rings. The van der Waals surface area contributed by atoms with Crippen LogP contribution in [-0.4, -0.2) is 19.6 Å². The normalized spacial score (nSPS) is 21.0. The molecular weight excluding hydrogens is 256 g/mol. The molecule has 0 saturated heterocycles. The number of nitrogens with one attached hydrogen (secondary N) is 1. The molecule has 1 N–H and O–H groups in total. The molecule has 1 heterocycles. The molecule has 2 nitrogen and oxygen atoms in total. The van der Waals surface area contributed by atoms with Crippen molar-refractivity contribution in [3.05, 3.63) is 28.8 Å². The Kier molecular flexibility index (Phi) is 4.29. The van der Waals surface area contributed by atoms with E-state index in [4.69, 9.17) is 11.6 Å². The minimum atomic E-state index is 0.856. The van der Waals surface area contributed by atoms with Crippen LogP contribution >= 0.6 is 11.6 Å². The zero-order valence-corrected chi connectivity index (χ0v) is 12.3. The van der Waals surface area contributed by atoms with Crippen LogP contribution in [0.3, 0.4) is 0 Å². The van der Waals surface area contributed by atoms with Crippen molar-refractivity contribution in [1.82, 2.24) is 5.32 Å². The van der Waals surface area contributed by atoms with E-state index >= 15 is 0 Å². The lowest BCUT2D eigenvalue weighted by atomic mass is 9.88. The van der Waals surface area contributed by atoms with Gasteiger partial charge < -0.3 is 10.2 Å². The van der Waals surface area contributed by atoms with Gasteiger partial charge in [-0.3, -0.25) is 0 Å². The summed E-state index contributed by atoms with van der Waals surface area (Å²) in [6.45, 7) is 4.34. The van der Waals surface area contributed by atoms with Gasteiger partial charge in [0.2, 0.25) is 0 Å². The first-order valence-corrected chi connectivity index (χ1v) is 7.95. The number of rotatable bonds is 2. The van der Waals surface area contributed by atoms with E-state index in [1.54, 1.807) is 0 Å². The molecule has 1 aliphatic heterocycles. The Morgan fingerprint density at radius 1 is 1.21 bits per heavy atom. The van der Waals surface area contributed by atoms with Crippen LogP contribution in [0, 0.1) is 5.92 Å². The van der Waals surface area contributed by atoms with Crippen molar-refractivity contribution in [2.75, 3.05) is 24.5 Å². The summed E-state index contributed by atoms with van der Waals surface area (Å²) >= 11 is 6.19. The monoisotopic (exact) mass is 278 g/mol. The smallest absolute Gasteiger partial charge is 0.0427 e. The van der Waals surface area contributed by atoms with E-state index in [1.165, 1.54) is 49.9 Å². The maximum Gasteiger partial charge on any atom is 0.0427 e. The SMILES string of the molecule is Clc1ccc2c(c1)N(CC1CCCCC1)CCNC2. The summed E-state index contributed by atoms with van der Waals surface area (Å²) in [6.07, 6.45) is 7.07. The van der Waals surface area contributed by atoms with Crippen LogP contribution in [-0.2, 0) is 6.54 Å². The van der Waals surface area contributed by atoms with Gasteiger partial charge in [-0.2, -0.15) is 0 Å². The lowest BCUT2D eigenvalue weighted by molar-refractivity contribution is 0.358. The molecule has 0 aromatic heterocycles. The largest absolute Gasteiger partial charge is 0.370 e. The zero-order valence-electron chi connectivity index (χ0n) is 11.5. The molecule has 0 bridgehead atoms. The summed E-state index contributed by atoms with van der Waals surface area (Å²) in [5.41, 5.74) is 2.74. The number of halogens is 1. The van der Waals surface area contributed by atoms with Crippen LogP contribution in [0.4, 0.5) is 5.69 Å². The Morgan fingerprint density at radius 2 is 2.05 bits per heavy atom. The van der Waals surface area contributed by atoms with E-state index in [0.29, 0.717) is 0 Å². The molecule has 1 aromatic carbocycles. The summed E-state index contributed by atoms with van der Waals surface area (Å²) in [5.74, 6) is 0.874. The second kappa shape index (κ2) is 6.15. The Balaban J connectivity index is 1.78. The fourth-order valence-corrected chi connectivity index (χ4v) is 3.58. The summed E-state index contributed by atoms with van der Waals surface area (Å²) < 4.78 is 0. The number of nitrogens with zero attached hydrogens (tertiary/aromatic N) is 1. The van der Waals surface area contributed by atoms with Crippen molar-refractivity contribution in [2.24, 2.45) is 5.92 Å². The van der Waals surface area contributed by atoms with Gasteiger partial charge in [0.25, 0.3) is 0 Å². The third kappa shape index (κ3) is 3.24. The van der Waals surface area contributed by atoms with Gasteiger partial charge in [-0.15, -0.1) is 0 Å². The Morgan fingerprint density at radius 3 is 2.89 bits per heavy atom. The Bertz CT molecular complexity index is 427. The van der Waals surface area contributed by atoms with Crippen LogP contribution in [0.25, 0.3) is 0 Å². The Labute approximate surface area is 121 Å². The van der Waals surface area contributed by atoms with Gasteiger partial charge in [-0.25, -0.2) is 0 Å². The number of benzene rings is 1. The number of fused-ring (bicyclic) bond motifs is 1. The van der Waals surface area contributed by atoms with Crippen LogP contribution < -0.4 is 10.2 Å². The maximum absolute atomic E-state index is 6.19. The fourth-order valence-electron chi connectivity index (χ4n) is 3.41. The van der Waals surface area contributed by atoms with Crippen LogP contribution in [0.15, 0.2) is 18.2 Å². The molecule has 2 aliphatic rings. The molecule has 3 heteroatoms. The van der Waals surface area contributed by atoms with Gasteiger partial charge in [-0.1, -0.05) is 36.9 Å². The lowest BCUT2D eigenvalue weighted by Gasteiger charge is -2.31. The highest BCUT2D eigenvalue weighted by Gasteiger charge is 2.20. The van der Waals surface area contributed by atoms with Gasteiger partial charge in [-0.05, 0) is 36.5 Å². The molecule has 0 radical (unpaired) electrons. The summed E-state index contributed by atoms with van der Waals surface area (Å²) in [5, 5.41) is 4.36. The molecule has 0 amide bonds. The van der Waals surface area contributed by atoms with E-state index in [2.05, 4.69) is 22.3 Å². The van der Waals surface area contributed by atoms with E-state index in [0.717, 1.165) is 30.6 Å². The number of hydrogen-bond acceptors (Lipinski definition) is 2. The minimum Gasteiger partial charge on any atom is -0.370 e. The maximum atomic E-state index is 6.19. The first-order valence-electron chi connectivity index (χ1n) is 7.57. The highest BCUT2D eigenvalue weighted by molar-refractivity contribution is 6.30. The van der Waals surface area contributed by atoms with Crippen molar-refractivity contribution < 1.29 is 0 Å². The summed E-state index contributed by atoms with van der Waals surface area (Å²) in [7, 11) is 0. The van der Waals surface area contributed by atoms with Crippen molar-refractivity contribution in [3.63, 3.8) is 0 Å².